The SMILES string of the molecule is C[C@H]1CCCN(CC[C@@H]2CCCCN2)C1. The molecule has 0 aromatic carbocycles. The maximum atomic E-state index is 3.64. The molecule has 0 spiro atoms. The van der Waals surface area contributed by atoms with Gasteiger partial charge in [0.1, 0.15) is 0 Å². The molecular weight excluding hydrogens is 184 g/mol. The highest BCUT2D eigenvalue weighted by Crippen LogP contribution is 2.17. The van der Waals surface area contributed by atoms with Gasteiger partial charge in [-0.2, -0.15) is 0 Å². The van der Waals surface area contributed by atoms with Gasteiger partial charge in [0.15, 0.2) is 0 Å². The predicted octanol–water partition coefficient (Wildman–Crippen LogP) is 2.25. The minimum atomic E-state index is 0.816. The Morgan fingerprint density at radius 2 is 2.13 bits per heavy atom. The van der Waals surface area contributed by atoms with Gasteiger partial charge >= 0.3 is 0 Å². The quantitative estimate of drug-likeness (QED) is 0.768. The van der Waals surface area contributed by atoms with E-state index in [1.807, 2.05) is 0 Å². The molecule has 2 aliphatic heterocycles. The summed E-state index contributed by atoms with van der Waals surface area (Å²) < 4.78 is 0. The van der Waals surface area contributed by atoms with Gasteiger partial charge in [-0.25, -0.2) is 0 Å². The zero-order valence-electron chi connectivity index (χ0n) is 10.2. The van der Waals surface area contributed by atoms with Gasteiger partial charge in [-0.05, 0) is 57.7 Å². The van der Waals surface area contributed by atoms with Crippen LogP contribution in [0.4, 0.5) is 0 Å². The van der Waals surface area contributed by atoms with Crippen LogP contribution in [-0.2, 0) is 0 Å². The first kappa shape index (κ1) is 11.4. The minimum absolute atomic E-state index is 0.816. The molecule has 88 valence electrons. The average molecular weight is 210 g/mol. The van der Waals surface area contributed by atoms with Gasteiger partial charge in [-0.3, -0.25) is 0 Å². The third kappa shape index (κ3) is 3.76. The monoisotopic (exact) mass is 210 g/mol. The van der Waals surface area contributed by atoms with E-state index in [1.54, 1.807) is 0 Å². The van der Waals surface area contributed by atoms with E-state index in [2.05, 4.69) is 17.1 Å². The van der Waals surface area contributed by atoms with E-state index < -0.39 is 0 Å². The highest BCUT2D eigenvalue weighted by molar-refractivity contribution is 4.76. The molecule has 0 aliphatic carbocycles. The molecule has 15 heavy (non-hydrogen) atoms. The summed E-state index contributed by atoms with van der Waals surface area (Å²) in [6.45, 7) is 7.65. The van der Waals surface area contributed by atoms with Crippen molar-refractivity contribution < 1.29 is 0 Å². The summed E-state index contributed by atoms with van der Waals surface area (Å²) >= 11 is 0. The van der Waals surface area contributed by atoms with Crippen LogP contribution in [0.2, 0.25) is 0 Å². The van der Waals surface area contributed by atoms with E-state index >= 15 is 0 Å². The lowest BCUT2D eigenvalue weighted by Gasteiger charge is -2.32. The summed E-state index contributed by atoms with van der Waals surface area (Å²) in [5, 5.41) is 3.64. The molecule has 1 N–H and O–H groups in total. The summed E-state index contributed by atoms with van der Waals surface area (Å²) in [4.78, 5) is 2.67. The van der Waals surface area contributed by atoms with Gasteiger partial charge in [0, 0.05) is 12.6 Å². The molecule has 0 aromatic rings. The van der Waals surface area contributed by atoms with Crippen LogP contribution in [0.5, 0.6) is 0 Å². The Morgan fingerprint density at radius 3 is 2.87 bits per heavy atom. The van der Waals surface area contributed by atoms with Crippen LogP contribution in [0.1, 0.15) is 45.4 Å². The second-order valence-corrected chi connectivity index (χ2v) is 5.48. The second-order valence-electron chi connectivity index (χ2n) is 5.48. The lowest BCUT2D eigenvalue weighted by atomic mass is 9.98. The third-order valence-electron chi connectivity index (χ3n) is 3.95. The Morgan fingerprint density at radius 1 is 1.20 bits per heavy atom. The fraction of sp³-hybridized carbons (Fsp3) is 1.00. The van der Waals surface area contributed by atoms with Crippen LogP contribution >= 0.6 is 0 Å². The third-order valence-corrected chi connectivity index (χ3v) is 3.95. The van der Waals surface area contributed by atoms with Crippen LogP contribution < -0.4 is 5.32 Å². The number of nitrogens with zero attached hydrogens (tertiary/aromatic N) is 1. The Bertz CT molecular complexity index is 175. The van der Waals surface area contributed by atoms with Gasteiger partial charge in [-0.1, -0.05) is 13.3 Å². The van der Waals surface area contributed by atoms with E-state index in [0.717, 1.165) is 12.0 Å². The molecule has 2 atom stereocenters. The fourth-order valence-corrected chi connectivity index (χ4v) is 3.00. The van der Waals surface area contributed by atoms with Crippen LogP contribution in [0.15, 0.2) is 0 Å². The van der Waals surface area contributed by atoms with Crippen LogP contribution in [0.3, 0.4) is 0 Å². The normalized spacial score (nSPS) is 34.2. The molecule has 0 unspecified atom stereocenters. The lowest BCUT2D eigenvalue weighted by Crippen LogP contribution is -2.40. The summed E-state index contributed by atoms with van der Waals surface area (Å²) in [5.74, 6) is 0.929. The molecule has 0 saturated carbocycles. The molecule has 2 heterocycles. The molecule has 2 heteroatoms. The number of hydrogen-bond donors (Lipinski definition) is 1. The Hall–Kier alpha value is -0.0800. The topological polar surface area (TPSA) is 15.3 Å². The van der Waals surface area contributed by atoms with Gasteiger partial charge in [0.25, 0.3) is 0 Å². The smallest absolute Gasteiger partial charge is 0.00792 e. The van der Waals surface area contributed by atoms with Crippen molar-refractivity contribution in [3.8, 4) is 0 Å². The lowest BCUT2D eigenvalue weighted by molar-refractivity contribution is 0.172. The average Bonchev–Trinajstić information content (AvgIpc) is 2.28. The van der Waals surface area contributed by atoms with Gasteiger partial charge < -0.3 is 10.2 Å². The summed E-state index contributed by atoms with van der Waals surface area (Å²) in [6.07, 6.45) is 8.46. The van der Waals surface area contributed by atoms with Crippen LogP contribution in [0.25, 0.3) is 0 Å². The summed E-state index contributed by atoms with van der Waals surface area (Å²) in [6, 6.07) is 0.816. The molecule has 0 amide bonds. The zero-order valence-corrected chi connectivity index (χ0v) is 10.2. The number of hydrogen-bond acceptors (Lipinski definition) is 2. The Kier molecular flexibility index (Phi) is 4.45. The van der Waals surface area contributed by atoms with Gasteiger partial charge in [-0.15, -0.1) is 0 Å². The predicted molar refractivity (Wildman–Crippen MR) is 65.1 cm³/mol. The molecule has 0 aromatic heterocycles. The van der Waals surface area contributed by atoms with Crippen molar-refractivity contribution in [1.29, 1.82) is 0 Å². The molecule has 2 saturated heterocycles. The molecule has 2 rings (SSSR count). The van der Waals surface area contributed by atoms with Crippen molar-refractivity contribution in [1.82, 2.24) is 10.2 Å². The molecule has 0 bridgehead atoms. The van der Waals surface area contributed by atoms with Gasteiger partial charge in [0.2, 0.25) is 0 Å². The van der Waals surface area contributed by atoms with Crippen molar-refractivity contribution in [2.24, 2.45) is 5.92 Å². The summed E-state index contributed by atoms with van der Waals surface area (Å²) in [7, 11) is 0. The van der Waals surface area contributed by atoms with E-state index in [1.165, 1.54) is 64.7 Å². The van der Waals surface area contributed by atoms with Crippen molar-refractivity contribution in [3.05, 3.63) is 0 Å². The first-order valence-corrected chi connectivity index (χ1v) is 6.80. The minimum Gasteiger partial charge on any atom is -0.314 e. The standard InChI is InChI=1S/C13H26N2/c1-12-5-4-9-15(11-12)10-7-13-6-2-3-8-14-13/h12-14H,2-11H2,1H3/t12-,13-/m0/s1. The van der Waals surface area contributed by atoms with E-state index in [4.69, 9.17) is 0 Å². The van der Waals surface area contributed by atoms with E-state index in [-0.39, 0.29) is 0 Å². The molecule has 2 nitrogen and oxygen atoms in total. The van der Waals surface area contributed by atoms with Crippen molar-refractivity contribution in [2.45, 2.75) is 51.5 Å². The van der Waals surface area contributed by atoms with Crippen molar-refractivity contribution >= 4 is 0 Å². The zero-order chi connectivity index (χ0) is 10.5. The number of likely N-dealkylation sites (tertiary alicyclic amines) is 1. The number of rotatable bonds is 3. The Labute approximate surface area is 94.4 Å². The first-order chi connectivity index (χ1) is 7.34. The molecule has 2 aliphatic rings. The summed E-state index contributed by atoms with van der Waals surface area (Å²) in [5.41, 5.74) is 0. The molecule has 2 fully saturated rings. The first-order valence-electron chi connectivity index (χ1n) is 6.80. The largest absolute Gasteiger partial charge is 0.314 e. The second kappa shape index (κ2) is 5.86. The van der Waals surface area contributed by atoms with Crippen LogP contribution in [-0.4, -0.2) is 37.1 Å². The number of piperidine rings is 2. The molecule has 0 radical (unpaired) electrons. The van der Waals surface area contributed by atoms with Crippen molar-refractivity contribution in [2.75, 3.05) is 26.2 Å². The number of nitrogens with one attached hydrogen (secondary N) is 1. The van der Waals surface area contributed by atoms with E-state index in [9.17, 15) is 0 Å². The molecular formula is C13H26N2. The maximum absolute atomic E-state index is 3.64. The Balaban J connectivity index is 1.63. The highest BCUT2D eigenvalue weighted by atomic mass is 15.1. The fourth-order valence-electron chi connectivity index (χ4n) is 3.00. The van der Waals surface area contributed by atoms with Crippen molar-refractivity contribution in [3.63, 3.8) is 0 Å². The highest BCUT2D eigenvalue weighted by Gasteiger charge is 2.18. The maximum Gasteiger partial charge on any atom is 0.00792 e. The van der Waals surface area contributed by atoms with E-state index in [0.29, 0.717) is 0 Å². The van der Waals surface area contributed by atoms with Gasteiger partial charge in [0.05, 0.1) is 0 Å². The van der Waals surface area contributed by atoms with Crippen LogP contribution in [0, 0.1) is 5.92 Å².